The third-order valence-corrected chi connectivity index (χ3v) is 9.39. The van der Waals surface area contributed by atoms with E-state index in [1.54, 1.807) is 13.8 Å². The maximum absolute atomic E-state index is 10.5. The van der Waals surface area contributed by atoms with Gasteiger partial charge in [0, 0.05) is 27.3 Å². The molecule has 6 rings (SSSR count). The van der Waals surface area contributed by atoms with Crippen LogP contribution in [0.25, 0.3) is 45.3 Å². The number of ether oxygens (including phenoxy) is 1. The Morgan fingerprint density at radius 2 is 1.05 bits per heavy atom. The summed E-state index contributed by atoms with van der Waals surface area (Å²) in [7, 11) is -0.124. The molecule has 0 spiro atoms. The number of benzene rings is 4. The summed E-state index contributed by atoms with van der Waals surface area (Å²) in [6, 6.07) is 37.1. The Kier molecular flexibility index (Phi) is 7.16. The first kappa shape index (κ1) is 27.2. The lowest BCUT2D eigenvalue weighted by Gasteiger charge is -2.35. The Morgan fingerprint density at radius 3 is 1.63 bits per heavy atom. The highest BCUT2D eigenvalue weighted by Gasteiger charge is 2.40. The smallest absolute Gasteiger partial charge is 0.164 e. The molecule has 5 aromatic rings. The molecular formula is C35H33N3O2S. The third kappa shape index (κ3) is 5.91. The molecule has 4 aromatic carbocycles. The molecule has 1 aliphatic heterocycles. The Hall–Kier alpha value is -3.97. The van der Waals surface area contributed by atoms with Crippen molar-refractivity contribution in [2.45, 2.75) is 43.8 Å². The summed E-state index contributed by atoms with van der Waals surface area (Å²) < 4.78 is 6.26. The average Bonchev–Trinajstić information content (AvgIpc) is 3.76. The van der Waals surface area contributed by atoms with E-state index in [1.165, 1.54) is 10.5 Å². The van der Waals surface area contributed by atoms with Crippen LogP contribution in [-0.4, -0.2) is 42.1 Å². The van der Waals surface area contributed by atoms with Crippen molar-refractivity contribution < 1.29 is 9.84 Å². The van der Waals surface area contributed by atoms with E-state index in [4.69, 9.17) is 19.7 Å². The van der Waals surface area contributed by atoms with Gasteiger partial charge in [0.25, 0.3) is 0 Å². The molecule has 6 heteroatoms. The van der Waals surface area contributed by atoms with Crippen LogP contribution in [0.3, 0.4) is 0 Å². The van der Waals surface area contributed by atoms with Gasteiger partial charge in [0.15, 0.2) is 17.5 Å². The second-order valence-electron chi connectivity index (χ2n) is 11.2. The van der Waals surface area contributed by atoms with Crippen LogP contribution in [0.4, 0.5) is 0 Å². The van der Waals surface area contributed by atoms with Gasteiger partial charge in [-0.1, -0.05) is 97.1 Å². The van der Waals surface area contributed by atoms with Gasteiger partial charge >= 0.3 is 0 Å². The molecule has 1 aromatic heterocycles. The van der Waals surface area contributed by atoms with Crippen LogP contribution in [0.15, 0.2) is 114 Å². The lowest BCUT2D eigenvalue weighted by Crippen LogP contribution is -2.47. The fraction of sp³-hybridized carbons (Fsp3) is 0.200. The van der Waals surface area contributed by atoms with Gasteiger partial charge in [-0.05, 0) is 51.0 Å². The highest BCUT2D eigenvalue weighted by Crippen LogP contribution is 2.44. The van der Waals surface area contributed by atoms with Crippen LogP contribution >= 0.6 is 10.5 Å². The Morgan fingerprint density at radius 1 is 0.585 bits per heavy atom. The van der Waals surface area contributed by atoms with E-state index >= 15 is 0 Å². The van der Waals surface area contributed by atoms with Crippen LogP contribution in [0.1, 0.15) is 27.7 Å². The lowest BCUT2D eigenvalue weighted by molar-refractivity contribution is -0.0959. The molecule has 2 heterocycles. The van der Waals surface area contributed by atoms with E-state index in [9.17, 15) is 5.11 Å². The van der Waals surface area contributed by atoms with Crippen molar-refractivity contribution in [2.24, 2.45) is 0 Å². The molecule has 0 saturated heterocycles. The molecule has 0 aliphatic carbocycles. The van der Waals surface area contributed by atoms with E-state index in [1.807, 2.05) is 68.4 Å². The SMILES string of the molecule is CC(C)(O)C(C)(C)OC1=S(c2cccc(-c3nc(-c4ccccc4)nc(-c4ccc(-c5ccccc5)cc4)n3)c2)C1. The van der Waals surface area contributed by atoms with Crippen molar-refractivity contribution in [3.8, 4) is 45.3 Å². The van der Waals surface area contributed by atoms with E-state index < -0.39 is 11.2 Å². The lowest BCUT2D eigenvalue weighted by atomic mass is 9.89. The first-order valence-corrected chi connectivity index (χ1v) is 15.1. The Bertz CT molecular complexity index is 1730. The summed E-state index contributed by atoms with van der Waals surface area (Å²) in [5.41, 5.74) is 3.50. The second kappa shape index (κ2) is 10.8. The zero-order valence-corrected chi connectivity index (χ0v) is 24.5. The molecule has 1 unspecified atom stereocenters. The molecule has 0 fully saturated rings. The first-order valence-electron chi connectivity index (χ1n) is 13.7. The zero-order chi connectivity index (χ0) is 28.6. The summed E-state index contributed by atoms with van der Waals surface area (Å²) in [6.45, 7) is 7.43. The molecule has 1 atom stereocenters. The van der Waals surface area contributed by atoms with E-state index in [2.05, 4.69) is 54.6 Å². The van der Waals surface area contributed by atoms with Gasteiger partial charge < -0.3 is 9.84 Å². The molecule has 1 aliphatic rings. The predicted octanol–water partition coefficient (Wildman–Crippen LogP) is 7.88. The monoisotopic (exact) mass is 559 g/mol. The summed E-state index contributed by atoms with van der Waals surface area (Å²) >= 11 is 0. The summed E-state index contributed by atoms with van der Waals surface area (Å²) in [5.74, 6) is 2.77. The minimum absolute atomic E-state index is 0.124. The van der Waals surface area contributed by atoms with Crippen molar-refractivity contribution in [1.29, 1.82) is 0 Å². The number of hydrogen-bond acceptors (Lipinski definition) is 5. The van der Waals surface area contributed by atoms with Gasteiger partial charge in [0.05, 0.1) is 16.3 Å². The van der Waals surface area contributed by atoms with Crippen molar-refractivity contribution in [3.63, 3.8) is 0 Å². The Balaban J connectivity index is 1.37. The Labute approximate surface area is 243 Å². The van der Waals surface area contributed by atoms with Gasteiger partial charge in [0.2, 0.25) is 0 Å². The van der Waals surface area contributed by atoms with Crippen molar-refractivity contribution >= 4 is 15.5 Å². The fourth-order valence-electron chi connectivity index (χ4n) is 4.37. The molecule has 0 bridgehead atoms. The molecule has 1 N–H and O–H groups in total. The van der Waals surface area contributed by atoms with Crippen molar-refractivity contribution in [3.05, 3.63) is 109 Å². The van der Waals surface area contributed by atoms with Gasteiger partial charge in [-0.25, -0.2) is 15.0 Å². The van der Waals surface area contributed by atoms with Crippen molar-refractivity contribution in [1.82, 2.24) is 15.0 Å². The highest BCUT2D eigenvalue weighted by molar-refractivity contribution is 8.24. The molecule has 0 radical (unpaired) electrons. The molecular weight excluding hydrogens is 526 g/mol. The molecule has 0 amide bonds. The second-order valence-corrected chi connectivity index (χ2v) is 13.2. The van der Waals surface area contributed by atoms with Gasteiger partial charge in [-0.3, -0.25) is 0 Å². The maximum atomic E-state index is 10.5. The van der Waals surface area contributed by atoms with E-state index in [0.717, 1.165) is 33.1 Å². The number of aliphatic hydroxyl groups is 1. The molecule has 206 valence electrons. The van der Waals surface area contributed by atoms with Crippen LogP contribution in [0.5, 0.6) is 0 Å². The van der Waals surface area contributed by atoms with Crippen LogP contribution in [0.2, 0.25) is 0 Å². The third-order valence-electron chi connectivity index (χ3n) is 7.58. The molecule has 5 nitrogen and oxygen atoms in total. The van der Waals surface area contributed by atoms with Gasteiger partial charge in [0.1, 0.15) is 0 Å². The average molecular weight is 560 g/mol. The standard InChI is InChI=1S/C35H33N3O2S/c1-34(2,39)35(3,4)40-30-23-41(30)29-17-11-16-28(22-29)33-37-31(26-14-9-6-10-15-26)36-32(38-33)27-20-18-25(19-21-27)24-12-7-5-8-13-24/h5-22,39H,23H2,1-4H3. The number of nitrogens with zero attached hydrogens (tertiary/aromatic N) is 3. The van der Waals surface area contributed by atoms with Gasteiger partial charge in [-0.15, -0.1) is 10.5 Å². The predicted molar refractivity (Wildman–Crippen MR) is 169 cm³/mol. The first-order chi connectivity index (χ1) is 19.7. The maximum Gasteiger partial charge on any atom is 0.164 e. The summed E-state index contributed by atoms with van der Waals surface area (Å²) in [5, 5.41) is 11.5. The van der Waals surface area contributed by atoms with Crippen LogP contribution in [0, 0.1) is 0 Å². The van der Waals surface area contributed by atoms with Crippen LogP contribution < -0.4 is 0 Å². The van der Waals surface area contributed by atoms with E-state index in [-0.39, 0.29) is 10.5 Å². The normalized spacial score (nSPS) is 15.1. The number of aromatic nitrogens is 3. The van der Waals surface area contributed by atoms with E-state index in [0.29, 0.717) is 17.5 Å². The zero-order valence-electron chi connectivity index (χ0n) is 23.7. The fourth-order valence-corrected chi connectivity index (χ4v) is 6.04. The highest BCUT2D eigenvalue weighted by atomic mass is 32.2. The van der Waals surface area contributed by atoms with Gasteiger partial charge in [-0.2, -0.15) is 0 Å². The quantitative estimate of drug-likeness (QED) is 0.206. The molecule has 41 heavy (non-hydrogen) atoms. The summed E-state index contributed by atoms with van der Waals surface area (Å²) in [6.07, 6.45) is 0. The summed E-state index contributed by atoms with van der Waals surface area (Å²) in [4.78, 5) is 15.9. The van der Waals surface area contributed by atoms with Crippen LogP contribution in [-0.2, 0) is 4.74 Å². The topological polar surface area (TPSA) is 68.1 Å². The number of hydrogen-bond donors (Lipinski definition) is 1. The minimum atomic E-state index is -0.951. The number of rotatable bonds is 7. The molecule has 0 saturated carbocycles. The van der Waals surface area contributed by atoms with Crippen molar-refractivity contribution in [2.75, 3.05) is 5.75 Å². The minimum Gasteiger partial charge on any atom is -0.387 e. The largest absolute Gasteiger partial charge is 0.387 e.